The summed E-state index contributed by atoms with van der Waals surface area (Å²) in [6, 6.07) is 3.51. The average Bonchev–Trinajstić information content (AvgIpc) is 2.74. The molecule has 1 aromatic heterocycles. The third-order valence-electron chi connectivity index (χ3n) is 2.85. The maximum Gasteiger partial charge on any atom is 0.301 e. The molecule has 1 aliphatic rings. The highest BCUT2D eigenvalue weighted by Crippen LogP contribution is 2.16. The number of hydrazine groups is 1. The average molecular weight is 223 g/mol. The molecule has 0 bridgehead atoms. The summed E-state index contributed by atoms with van der Waals surface area (Å²) in [5.74, 6) is 0.214. The van der Waals surface area contributed by atoms with E-state index in [1.54, 1.807) is 12.1 Å². The Labute approximate surface area is 94.3 Å². The number of nitrogens with one attached hydrogen (secondary N) is 2. The number of hydrogen-bond donors (Lipinski definition) is 3. The molecule has 16 heavy (non-hydrogen) atoms. The third kappa shape index (κ3) is 2.76. The zero-order valence-electron chi connectivity index (χ0n) is 9.16. The molecule has 0 saturated heterocycles. The minimum absolute atomic E-state index is 0.237. The lowest BCUT2D eigenvalue weighted by Crippen LogP contribution is -2.45. The van der Waals surface area contributed by atoms with Gasteiger partial charge in [0, 0.05) is 12.1 Å². The van der Waals surface area contributed by atoms with Crippen molar-refractivity contribution in [1.29, 1.82) is 0 Å². The van der Waals surface area contributed by atoms with Crippen LogP contribution in [0.3, 0.4) is 0 Å². The standard InChI is InChI=1S/C11H17N3O2/c12-10-7-6-9(16-10)11(15)14-13-8-4-2-1-3-5-8/h6-8,13H,1-5,12H2,(H,14,15). The fourth-order valence-electron chi connectivity index (χ4n) is 1.95. The number of nitrogen functional groups attached to an aromatic ring is 1. The normalized spacial score (nSPS) is 17.2. The molecule has 0 radical (unpaired) electrons. The summed E-state index contributed by atoms with van der Waals surface area (Å²) in [4.78, 5) is 11.6. The second-order valence-electron chi connectivity index (χ2n) is 4.14. The van der Waals surface area contributed by atoms with E-state index < -0.39 is 0 Å². The largest absolute Gasteiger partial charge is 0.436 e. The Bertz CT molecular complexity index is 356. The Morgan fingerprint density at radius 1 is 1.31 bits per heavy atom. The summed E-state index contributed by atoms with van der Waals surface area (Å²) < 4.78 is 5.01. The quantitative estimate of drug-likeness (QED) is 0.677. The summed E-state index contributed by atoms with van der Waals surface area (Å²) in [5, 5.41) is 0. The van der Waals surface area contributed by atoms with Crippen LogP contribution in [0, 0.1) is 0 Å². The van der Waals surface area contributed by atoms with Crippen LogP contribution in [0.25, 0.3) is 0 Å². The van der Waals surface area contributed by atoms with Gasteiger partial charge in [0.2, 0.25) is 0 Å². The van der Waals surface area contributed by atoms with Crippen LogP contribution in [-0.2, 0) is 0 Å². The minimum Gasteiger partial charge on any atom is -0.436 e. The van der Waals surface area contributed by atoms with E-state index in [-0.39, 0.29) is 17.6 Å². The molecule has 1 aromatic rings. The van der Waals surface area contributed by atoms with Crippen LogP contribution >= 0.6 is 0 Å². The molecular formula is C11H17N3O2. The Morgan fingerprint density at radius 2 is 2.06 bits per heavy atom. The van der Waals surface area contributed by atoms with E-state index in [2.05, 4.69) is 10.9 Å². The first-order chi connectivity index (χ1) is 7.75. The van der Waals surface area contributed by atoms with E-state index in [0.29, 0.717) is 6.04 Å². The molecular weight excluding hydrogens is 206 g/mol. The Morgan fingerprint density at radius 3 is 2.69 bits per heavy atom. The Kier molecular flexibility index (Phi) is 3.46. The van der Waals surface area contributed by atoms with E-state index >= 15 is 0 Å². The smallest absolute Gasteiger partial charge is 0.301 e. The van der Waals surface area contributed by atoms with E-state index in [0.717, 1.165) is 12.8 Å². The first kappa shape index (κ1) is 11.0. The van der Waals surface area contributed by atoms with Gasteiger partial charge in [-0.05, 0) is 18.9 Å². The molecule has 0 aliphatic heterocycles. The van der Waals surface area contributed by atoms with E-state index in [1.165, 1.54) is 19.3 Å². The number of carbonyl (C=O) groups excluding carboxylic acids is 1. The maximum absolute atomic E-state index is 11.6. The molecule has 4 N–H and O–H groups in total. The predicted octanol–water partition coefficient (Wildman–Crippen LogP) is 1.43. The van der Waals surface area contributed by atoms with Gasteiger partial charge in [-0.25, -0.2) is 5.43 Å². The number of rotatable bonds is 3. The van der Waals surface area contributed by atoms with Crippen LogP contribution in [0.2, 0.25) is 0 Å². The van der Waals surface area contributed by atoms with Crippen molar-refractivity contribution in [3.63, 3.8) is 0 Å². The summed E-state index contributed by atoms with van der Waals surface area (Å²) in [5.41, 5.74) is 11.1. The van der Waals surface area contributed by atoms with Crippen LogP contribution in [0.15, 0.2) is 16.5 Å². The van der Waals surface area contributed by atoms with Crippen molar-refractivity contribution in [3.8, 4) is 0 Å². The zero-order chi connectivity index (χ0) is 11.4. The predicted molar refractivity (Wildman–Crippen MR) is 60.6 cm³/mol. The van der Waals surface area contributed by atoms with Crippen molar-refractivity contribution < 1.29 is 9.21 Å². The summed E-state index contributed by atoms with van der Waals surface area (Å²) in [6.45, 7) is 0. The van der Waals surface area contributed by atoms with Crippen LogP contribution in [0.5, 0.6) is 0 Å². The second kappa shape index (κ2) is 5.03. The van der Waals surface area contributed by atoms with Crippen molar-refractivity contribution in [2.75, 3.05) is 5.73 Å². The summed E-state index contributed by atoms with van der Waals surface area (Å²) in [7, 11) is 0. The van der Waals surface area contributed by atoms with E-state index in [4.69, 9.17) is 10.2 Å². The summed E-state index contributed by atoms with van der Waals surface area (Å²) >= 11 is 0. The SMILES string of the molecule is Nc1ccc(C(=O)NNC2CCCCC2)o1. The topological polar surface area (TPSA) is 80.3 Å². The van der Waals surface area contributed by atoms with Gasteiger partial charge in [-0.1, -0.05) is 19.3 Å². The Hall–Kier alpha value is -1.49. The number of carbonyl (C=O) groups is 1. The van der Waals surface area contributed by atoms with Gasteiger partial charge in [0.25, 0.3) is 0 Å². The third-order valence-corrected chi connectivity index (χ3v) is 2.85. The van der Waals surface area contributed by atoms with Crippen LogP contribution in [-0.4, -0.2) is 11.9 Å². The van der Waals surface area contributed by atoms with Crippen molar-refractivity contribution in [1.82, 2.24) is 10.9 Å². The molecule has 0 spiro atoms. The summed E-state index contributed by atoms with van der Waals surface area (Å²) in [6.07, 6.45) is 5.96. The fourth-order valence-corrected chi connectivity index (χ4v) is 1.95. The van der Waals surface area contributed by atoms with Crippen molar-refractivity contribution in [2.24, 2.45) is 0 Å². The highest BCUT2D eigenvalue weighted by molar-refractivity contribution is 5.91. The van der Waals surface area contributed by atoms with Gasteiger partial charge in [0.15, 0.2) is 11.6 Å². The number of furan rings is 1. The fraction of sp³-hybridized carbons (Fsp3) is 0.545. The molecule has 1 aliphatic carbocycles. The molecule has 1 amide bonds. The lowest BCUT2D eigenvalue weighted by atomic mass is 9.96. The molecule has 0 aromatic carbocycles. The van der Waals surface area contributed by atoms with Crippen molar-refractivity contribution in [2.45, 2.75) is 38.1 Å². The van der Waals surface area contributed by atoms with Crippen LogP contribution in [0.1, 0.15) is 42.7 Å². The van der Waals surface area contributed by atoms with E-state index in [9.17, 15) is 4.79 Å². The van der Waals surface area contributed by atoms with Gasteiger partial charge in [-0.15, -0.1) is 0 Å². The van der Waals surface area contributed by atoms with Crippen molar-refractivity contribution in [3.05, 3.63) is 17.9 Å². The zero-order valence-corrected chi connectivity index (χ0v) is 9.16. The lowest BCUT2D eigenvalue weighted by Gasteiger charge is -2.22. The van der Waals surface area contributed by atoms with Crippen LogP contribution < -0.4 is 16.6 Å². The van der Waals surface area contributed by atoms with Gasteiger partial charge in [0.05, 0.1) is 0 Å². The van der Waals surface area contributed by atoms with Crippen molar-refractivity contribution >= 4 is 11.8 Å². The molecule has 1 saturated carbocycles. The lowest BCUT2D eigenvalue weighted by molar-refractivity contribution is 0.0893. The number of anilines is 1. The van der Waals surface area contributed by atoms with Crippen LogP contribution in [0.4, 0.5) is 5.88 Å². The second-order valence-corrected chi connectivity index (χ2v) is 4.14. The van der Waals surface area contributed by atoms with Gasteiger partial charge in [-0.3, -0.25) is 10.2 Å². The number of hydrogen-bond acceptors (Lipinski definition) is 4. The first-order valence-electron chi connectivity index (χ1n) is 5.67. The van der Waals surface area contributed by atoms with Gasteiger partial charge in [0.1, 0.15) is 0 Å². The highest BCUT2D eigenvalue weighted by Gasteiger charge is 2.15. The molecule has 0 unspecified atom stereocenters. The van der Waals surface area contributed by atoms with E-state index in [1.807, 2.05) is 0 Å². The molecule has 5 nitrogen and oxygen atoms in total. The maximum atomic E-state index is 11.6. The number of nitrogens with two attached hydrogens (primary N) is 1. The van der Waals surface area contributed by atoms with Gasteiger partial charge in [-0.2, -0.15) is 0 Å². The van der Waals surface area contributed by atoms with Gasteiger partial charge >= 0.3 is 5.91 Å². The highest BCUT2D eigenvalue weighted by atomic mass is 16.4. The minimum atomic E-state index is -0.276. The molecule has 0 atom stereocenters. The molecule has 1 heterocycles. The first-order valence-corrected chi connectivity index (χ1v) is 5.67. The van der Waals surface area contributed by atoms with Gasteiger partial charge < -0.3 is 10.2 Å². The monoisotopic (exact) mass is 223 g/mol. The number of amides is 1. The molecule has 5 heteroatoms. The molecule has 2 rings (SSSR count). The Balaban J connectivity index is 1.79. The molecule has 1 fully saturated rings. The molecule has 88 valence electrons.